The van der Waals surface area contributed by atoms with Crippen molar-refractivity contribution < 1.29 is 4.79 Å². The predicted octanol–water partition coefficient (Wildman–Crippen LogP) is 4.51. The van der Waals surface area contributed by atoms with E-state index in [-0.39, 0.29) is 11.9 Å². The molecule has 1 atom stereocenters. The predicted molar refractivity (Wildman–Crippen MR) is 128 cm³/mol. The third kappa shape index (κ3) is 3.92. The Morgan fingerprint density at radius 3 is 2.48 bits per heavy atom. The first-order chi connectivity index (χ1) is 15.8. The zero-order valence-electron chi connectivity index (χ0n) is 19.9. The van der Waals surface area contributed by atoms with Gasteiger partial charge < -0.3 is 5.32 Å². The highest BCUT2D eigenvalue weighted by atomic mass is 16.1. The molecule has 4 aromatic rings. The number of amides is 1. The van der Waals surface area contributed by atoms with Gasteiger partial charge in [0.05, 0.1) is 34.9 Å². The van der Waals surface area contributed by atoms with Crippen LogP contribution in [-0.4, -0.2) is 30.5 Å². The minimum Gasteiger partial charge on any atom is -0.345 e. The number of pyridine rings is 1. The van der Waals surface area contributed by atoms with Gasteiger partial charge in [0.2, 0.25) is 0 Å². The molecular formula is C26H30N6O. The molecule has 7 heteroatoms. The number of hydrogen-bond acceptors (Lipinski definition) is 4. The molecule has 1 fully saturated rings. The Morgan fingerprint density at radius 1 is 1.12 bits per heavy atom. The summed E-state index contributed by atoms with van der Waals surface area (Å²) in [5.41, 5.74) is 7.47. The third-order valence-corrected chi connectivity index (χ3v) is 6.66. The number of fused-ring (bicyclic) bond motifs is 1. The lowest BCUT2D eigenvalue weighted by Crippen LogP contribution is -2.28. The average molecular weight is 443 g/mol. The fraction of sp³-hybridized carbons (Fsp3) is 0.385. The minimum absolute atomic E-state index is 0.0955. The smallest absolute Gasteiger partial charge is 0.252 e. The Bertz CT molecular complexity index is 1350. The lowest BCUT2D eigenvalue weighted by atomic mass is 10.0. The molecule has 1 aliphatic carbocycles. The number of aryl methyl sites for hydroxylation is 3. The molecule has 0 radical (unpaired) electrons. The topological polar surface area (TPSA) is 77.6 Å². The molecule has 7 nitrogen and oxygen atoms in total. The van der Waals surface area contributed by atoms with Crippen molar-refractivity contribution in [3.63, 3.8) is 0 Å². The summed E-state index contributed by atoms with van der Waals surface area (Å²) in [6, 6.07) is 12.1. The summed E-state index contributed by atoms with van der Waals surface area (Å²) in [7, 11) is 1.93. The first-order valence-corrected chi connectivity index (χ1v) is 11.6. The molecule has 1 aromatic carbocycles. The monoisotopic (exact) mass is 442 g/mol. The van der Waals surface area contributed by atoms with Gasteiger partial charge in [-0.3, -0.25) is 9.48 Å². The zero-order chi connectivity index (χ0) is 23.3. The van der Waals surface area contributed by atoms with E-state index < -0.39 is 0 Å². The van der Waals surface area contributed by atoms with Gasteiger partial charge in [-0.15, -0.1) is 0 Å². The Morgan fingerprint density at radius 2 is 1.85 bits per heavy atom. The van der Waals surface area contributed by atoms with E-state index in [1.807, 2.05) is 68.4 Å². The number of aromatic nitrogens is 5. The summed E-state index contributed by atoms with van der Waals surface area (Å²) in [5.74, 6) is 0.336. The third-order valence-electron chi connectivity index (χ3n) is 6.66. The maximum atomic E-state index is 13.6. The van der Waals surface area contributed by atoms with Crippen LogP contribution < -0.4 is 5.32 Å². The van der Waals surface area contributed by atoms with Crippen LogP contribution in [0.3, 0.4) is 0 Å². The molecule has 1 saturated carbocycles. The molecule has 3 aromatic heterocycles. The fourth-order valence-corrected chi connectivity index (χ4v) is 4.77. The lowest BCUT2D eigenvalue weighted by Gasteiger charge is -2.16. The number of carbonyl (C=O) groups excluding carboxylic acids is 1. The molecule has 0 unspecified atom stereocenters. The van der Waals surface area contributed by atoms with E-state index in [1.165, 1.54) is 0 Å². The van der Waals surface area contributed by atoms with Gasteiger partial charge in [0.1, 0.15) is 0 Å². The highest BCUT2D eigenvalue weighted by Crippen LogP contribution is 2.40. The normalized spacial score (nSPS) is 14.6. The van der Waals surface area contributed by atoms with Crippen LogP contribution in [0.2, 0.25) is 0 Å². The Kier molecular flexibility index (Phi) is 5.27. The lowest BCUT2D eigenvalue weighted by molar-refractivity contribution is 0.0941. The molecule has 170 valence electrons. The van der Waals surface area contributed by atoms with Crippen LogP contribution in [0.4, 0.5) is 0 Å². The second kappa shape index (κ2) is 8.14. The zero-order valence-corrected chi connectivity index (χ0v) is 19.9. The quantitative estimate of drug-likeness (QED) is 0.477. The summed E-state index contributed by atoms with van der Waals surface area (Å²) in [4.78, 5) is 18.6. The van der Waals surface area contributed by atoms with Crippen LogP contribution in [0.15, 0.2) is 36.4 Å². The number of rotatable bonds is 6. The second-order valence-corrected chi connectivity index (χ2v) is 9.20. The molecule has 1 aliphatic rings. The number of nitrogens with zero attached hydrogens (tertiary/aromatic N) is 5. The number of carbonyl (C=O) groups is 1. The maximum absolute atomic E-state index is 13.6. The van der Waals surface area contributed by atoms with E-state index >= 15 is 0 Å². The van der Waals surface area contributed by atoms with Gasteiger partial charge in [-0.1, -0.05) is 30.3 Å². The Labute approximate surface area is 193 Å². The highest BCUT2D eigenvalue weighted by molar-refractivity contribution is 6.06. The summed E-state index contributed by atoms with van der Waals surface area (Å²) in [6.45, 7) is 8.61. The number of nitrogens with one attached hydrogen (secondary N) is 1. The first kappa shape index (κ1) is 21.4. The van der Waals surface area contributed by atoms with Gasteiger partial charge >= 0.3 is 0 Å². The van der Waals surface area contributed by atoms with Crippen molar-refractivity contribution in [1.82, 2.24) is 29.9 Å². The largest absolute Gasteiger partial charge is 0.345 e. The van der Waals surface area contributed by atoms with Crippen LogP contribution in [0.25, 0.3) is 11.0 Å². The summed E-state index contributed by atoms with van der Waals surface area (Å²) in [6.07, 6.45) is 2.24. The van der Waals surface area contributed by atoms with E-state index in [0.717, 1.165) is 57.8 Å². The molecule has 0 spiro atoms. The van der Waals surface area contributed by atoms with Crippen LogP contribution in [0, 0.1) is 20.8 Å². The molecule has 0 bridgehead atoms. The van der Waals surface area contributed by atoms with E-state index in [0.29, 0.717) is 18.0 Å². The number of benzene rings is 1. The molecular weight excluding hydrogens is 412 g/mol. The molecule has 33 heavy (non-hydrogen) atoms. The van der Waals surface area contributed by atoms with Gasteiger partial charge in [0.15, 0.2) is 5.65 Å². The molecule has 5 rings (SSSR count). The summed E-state index contributed by atoms with van der Waals surface area (Å²) >= 11 is 0. The second-order valence-electron chi connectivity index (χ2n) is 9.20. The maximum Gasteiger partial charge on any atom is 0.252 e. The van der Waals surface area contributed by atoms with Crippen molar-refractivity contribution in [2.24, 2.45) is 7.05 Å². The molecule has 1 amide bonds. The Hall–Kier alpha value is -3.48. The summed E-state index contributed by atoms with van der Waals surface area (Å²) < 4.78 is 3.79. The first-order valence-electron chi connectivity index (χ1n) is 11.6. The minimum atomic E-state index is -0.154. The molecule has 3 heterocycles. The van der Waals surface area contributed by atoms with Gasteiger partial charge in [-0.05, 0) is 52.2 Å². The van der Waals surface area contributed by atoms with Gasteiger partial charge in [-0.2, -0.15) is 10.2 Å². The SMILES string of the molecule is Cc1nn(C)c(C)c1[C@H](C)NC(=O)c1cc(C2CC2)nc2c1c(C)nn2Cc1ccccc1. The van der Waals surface area contributed by atoms with Crippen molar-refractivity contribution in [1.29, 1.82) is 0 Å². The van der Waals surface area contributed by atoms with Gasteiger partial charge in [-0.25, -0.2) is 9.67 Å². The van der Waals surface area contributed by atoms with Crippen molar-refractivity contribution in [2.75, 3.05) is 0 Å². The Balaban J connectivity index is 1.55. The van der Waals surface area contributed by atoms with E-state index in [9.17, 15) is 4.79 Å². The van der Waals surface area contributed by atoms with Crippen molar-refractivity contribution >= 4 is 16.9 Å². The standard InChI is InChI=1S/C26H30N6O/c1-15(23-16(2)29-31(5)18(23)4)27-26(33)21-13-22(20-11-12-20)28-25-24(21)17(3)30-32(25)14-19-9-7-6-8-10-19/h6-10,13,15,20H,11-12,14H2,1-5H3,(H,27,33)/t15-/m0/s1. The van der Waals surface area contributed by atoms with E-state index in [2.05, 4.69) is 22.5 Å². The fourth-order valence-electron chi connectivity index (χ4n) is 4.77. The van der Waals surface area contributed by atoms with Crippen LogP contribution >= 0.6 is 0 Å². The molecule has 1 N–H and O–H groups in total. The molecule has 0 aliphatic heterocycles. The number of hydrogen-bond donors (Lipinski definition) is 1. The highest BCUT2D eigenvalue weighted by Gasteiger charge is 2.29. The van der Waals surface area contributed by atoms with Gasteiger partial charge in [0.25, 0.3) is 5.91 Å². The summed E-state index contributed by atoms with van der Waals surface area (Å²) in [5, 5.41) is 13.3. The van der Waals surface area contributed by atoms with E-state index in [4.69, 9.17) is 10.1 Å². The van der Waals surface area contributed by atoms with Crippen molar-refractivity contribution in [3.05, 3.63) is 75.9 Å². The van der Waals surface area contributed by atoms with Crippen molar-refractivity contribution in [2.45, 2.75) is 59.0 Å². The van der Waals surface area contributed by atoms with Crippen LogP contribution in [-0.2, 0) is 13.6 Å². The van der Waals surface area contributed by atoms with Crippen LogP contribution in [0.5, 0.6) is 0 Å². The average Bonchev–Trinajstić information content (AvgIpc) is 3.54. The molecule has 0 saturated heterocycles. The van der Waals surface area contributed by atoms with E-state index in [1.54, 1.807) is 0 Å². The van der Waals surface area contributed by atoms with Gasteiger partial charge in [0, 0.05) is 29.9 Å². The van der Waals surface area contributed by atoms with Crippen molar-refractivity contribution in [3.8, 4) is 0 Å². The van der Waals surface area contributed by atoms with Crippen LogP contribution in [0.1, 0.15) is 76.0 Å².